The van der Waals surface area contributed by atoms with Gasteiger partial charge in [0.05, 0.1) is 11.2 Å². The summed E-state index contributed by atoms with van der Waals surface area (Å²) < 4.78 is 12.7. The van der Waals surface area contributed by atoms with Crippen LogP contribution in [0.5, 0.6) is 0 Å². The van der Waals surface area contributed by atoms with Gasteiger partial charge in [0, 0.05) is 17.7 Å². The van der Waals surface area contributed by atoms with Crippen molar-refractivity contribution in [3.05, 3.63) is 28.7 Å². The molecule has 2 heterocycles. The van der Waals surface area contributed by atoms with Crippen molar-refractivity contribution in [1.29, 1.82) is 0 Å². The minimum absolute atomic E-state index is 0.259. The molecule has 0 radical (unpaired) electrons. The van der Waals surface area contributed by atoms with E-state index in [1.165, 1.54) is 12.3 Å². The Labute approximate surface area is 101 Å². The van der Waals surface area contributed by atoms with Gasteiger partial charge in [-0.2, -0.15) is 0 Å². The van der Waals surface area contributed by atoms with E-state index in [0.717, 1.165) is 10.1 Å². The van der Waals surface area contributed by atoms with E-state index in [4.69, 9.17) is 15.2 Å². The predicted molar refractivity (Wildman–Crippen MR) is 66.6 cm³/mol. The van der Waals surface area contributed by atoms with E-state index in [1.807, 2.05) is 27.7 Å². The van der Waals surface area contributed by atoms with Crippen LogP contribution in [0.2, 0.25) is 0 Å². The van der Waals surface area contributed by atoms with Gasteiger partial charge in [0.1, 0.15) is 0 Å². The summed E-state index contributed by atoms with van der Waals surface area (Å²) in [6, 6.07) is 3.08. The second-order valence-corrected chi connectivity index (χ2v) is 5.30. The molecule has 0 bridgehead atoms. The summed E-state index contributed by atoms with van der Waals surface area (Å²) in [7, 11) is -0.490. The molecule has 5 nitrogen and oxygen atoms in total. The summed E-state index contributed by atoms with van der Waals surface area (Å²) in [5.41, 5.74) is -0.309. The average molecular weight is 236 g/mol. The van der Waals surface area contributed by atoms with Gasteiger partial charge in [-0.05, 0) is 27.7 Å². The Balaban J connectivity index is 2.32. The van der Waals surface area contributed by atoms with Crippen molar-refractivity contribution in [3.8, 4) is 0 Å². The van der Waals surface area contributed by atoms with Crippen molar-refractivity contribution in [2.24, 2.45) is 0 Å². The standard InChI is InChI=1S/C11H17BN2O3/c1-10(2)11(3,4)17-12(16-10)8-5-6-9(15)14(13)7-8/h5-7H,13H2,1-4H3. The summed E-state index contributed by atoms with van der Waals surface area (Å²) in [4.78, 5) is 11.2. The number of hydrogen-bond donors (Lipinski definition) is 1. The van der Waals surface area contributed by atoms with E-state index in [-0.39, 0.29) is 5.56 Å². The molecule has 6 heteroatoms. The van der Waals surface area contributed by atoms with Crippen LogP contribution in [0.15, 0.2) is 23.1 Å². The lowest BCUT2D eigenvalue weighted by atomic mass is 9.80. The van der Waals surface area contributed by atoms with Gasteiger partial charge >= 0.3 is 7.12 Å². The highest BCUT2D eigenvalue weighted by Gasteiger charge is 2.51. The van der Waals surface area contributed by atoms with Gasteiger partial charge in [-0.25, -0.2) is 4.68 Å². The third-order valence-corrected chi connectivity index (χ3v) is 3.49. The number of nitrogen functional groups attached to an aromatic ring is 1. The van der Waals surface area contributed by atoms with Crippen LogP contribution in [0.3, 0.4) is 0 Å². The molecule has 0 atom stereocenters. The van der Waals surface area contributed by atoms with Gasteiger partial charge in [-0.3, -0.25) is 4.79 Å². The Bertz CT molecular complexity index is 480. The summed E-state index contributed by atoms with van der Waals surface area (Å²) >= 11 is 0. The predicted octanol–water partition coefficient (Wildman–Crippen LogP) is -0.139. The maximum absolute atomic E-state index is 11.2. The molecule has 1 aliphatic heterocycles. The average Bonchev–Trinajstić information content (AvgIpc) is 2.41. The van der Waals surface area contributed by atoms with Crippen LogP contribution in [-0.2, 0) is 9.31 Å². The lowest BCUT2D eigenvalue weighted by Crippen LogP contribution is -2.41. The molecule has 2 rings (SSSR count). The van der Waals surface area contributed by atoms with Crippen LogP contribution < -0.4 is 16.9 Å². The lowest BCUT2D eigenvalue weighted by Gasteiger charge is -2.32. The maximum atomic E-state index is 11.2. The first kappa shape index (κ1) is 12.2. The second kappa shape index (κ2) is 3.61. The normalized spacial score (nSPS) is 21.8. The zero-order chi connectivity index (χ0) is 12.8. The zero-order valence-corrected chi connectivity index (χ0v) is 10.6. The summed E-state index contributed by atoms with van der Waals surface area (Å²) in [6.45, 7) is 7.91. The largest absolute Gasteiger partial charge is 0.496 e. The Morgan fingerprint density at radius 3 is 2.18 bits per heavy atom. The molecule has 1 saturated heterocycles. The fourth-order valence-corrected chi connectivity index (χ4v) is 1.64. The van der Waals surface area contributed by atoms with Crippen molar-refractivity contribution in [2.75, 3.05) is 5.84 Å². The van der Waals surface area contributed by atoms with Crippen molar-refractivity contribution in [2.45, 2.75) is 38.9 Å². The van der Waals surface area contributed by atoms with E-state index >= 15 is 0 Å². The number of nitrogens with two attached hydrogens (primary N) is 1. The second-order valence-electron chi connectivity index (χ2n) is 5.30. The van der Waals surface area contributed by atoms with Crippen LogP contribution in [-0.4, -0.2) is 23.0 Å². The third-order valence-electron chi connectivity index (χ3n) is 3.49. The molecule has 1 aromatic rings. The van der Waals surface area contributed by atoms with Gasteiger partial charge in [-0.15, -0.1) is 0 Å². The van der Waals surface area contributed by atoms with E-state index < -0.39 is 18.3 Å². The monoisotopic (exact) mass is 236 g/mol. The molecule has 0 aliphatic carbocycles. The Kier molecular flexibility index (Phi) is 2.59. The highest BCUT2D eigenvalue weighted by molar-refractivity contribution is 6.62. The third kappa shape index (κ3) is 1.98. The Morgan fingerprint density at radius 1 is 1.18 bits per heavy atom. The molecule has 2 N–H and O–H groups in total. The molecule has 0 unspecified atom stereocenters. The Morgan fingerprint density at radius 2 is 1.71 bits per heavy atom. The van der Waals surface area contributed by atoms with Gasteiger partial charge < -0.3 is 15.2 Å². The van der Waals surface area contributed by atoms with Crippen molar-refractivity contribution in [3.63, 3.8) is 0 Å². The highest BCUT2D eigenvalue weighted by atomic mass is 16.7. The van der Waals surface area contributed by atoms with E-state index in [0.29, 0.717) is 0 Å². The molecular formula is C11H17BN2O3. The molecule has 92 valence electrons. The highest BCUT2D eigenvalue weighted by Crippen LogP contribution is 2.36. The number of hydrogen-bond acceptors (Lipinski definition) is 4. The number of pyridine rings is 1. The fourth-order valence-electron chi connectivity index (χ4n) is 1.64. The fraction of sp³-hybridized carbons (Fsp3) is 0.545. The van der Waals surface area contributed by atoms with E-state index in [1.54, 1.807) is 6.07 Å². The van der Waals surface area contributed by atoms with Crippen LogP contribution in [0.1, 0.15) is 27.7 Å². The molecule has 0 saturated carbocycles. The zero-order valence-electron chi connectivity index (χ0n) is 10.6. The van der Waals surface area contributed by atoms with Crippen LogP contribution in [0, 0.1) is 0 Å². The van der Waals surface area contributed by atoms with Gasteiger partial charge in [0.15, 0.2) is 0 Å². The first-order chi connectivity index (χ1) is 7.73. The minimum atomic E-state index is -0.490. The summed E-state index contributed by atoms with van der Waals surface area (Å²) in [6.07, 6.45) is 1.53. The number of rotatable bonds is 1. The number of aromatic nitrogens is 1. The maximum Gasteiger partial charge on any atom is 0.496 e. The first-order valence-electron chi connectivity index (χ1n) is 5.56. The van der Waals surface area contributed by atoms with Crippen molar-refractivity contribution < 1.29 is 9.31 Å². The van der Waals surface area contributed by atoms with Crippen LogP contribution >= 0.6 is 0 Å². The quantitative estimate of drug-likeness (QED) is 0.544. The van der Waals surface area contributed by atoms with Gasteiger partial charge in [0.25, 0.3) is 5.56 Å². The van der Waals surface area contributed by atoms with E-state index in [2.05, 4.69) is 0 Å². The SMILES string of the molecule is CC1(C)OB(c2ccc(=O)n(N)c2)OC1(C)C. The first-order valence-corrected chi connectivity index (χ1v) is 5.56. The van der Waals surface area contributed by atoms with Crippen molar-refractivity contribution >= 4 is 12.6 Å². The van der Waals surface area contributed by atoms with Crippen molar-refractivity contribution in [1.82, 2.24) is 4.68 Å². The summed E-state index contributed by atoms with van der Waals surface area (Å²) in [5, 5.41) is 0. The minimum Gasteiger partial charge on any atom is -0.399 e. The topological polar surface area (TPSA) is 66.5 Å². The smallest absolute Gasteiger partial charge is 0.399 e. The van der Waals surface area contributed by atoms with Gasteiger partial charge in [0.2, 0.25) is 0 Å². The van der Waals surface area contributed by atoms with Crippen LogP contribution in [0.4, 0.5) is 0 Å². The molecule has 0 amide bonds. The van der Waals surface area contributed by atoms with E-state index in [9.17, 15) is 4.79 Å². The molecule has 1 aromatic heterocycles. The molecule has 1 aliphatic rings. The lowest BCUT2D eigenvalue weighted by molar-refractivity contribution is 0.00578. The summed E-state index contributed by atoms with van der Waals surface area (Å²) in [5.74, 6) is 5.52. The number of nitrogens with zero attached hydrogens (tertiary/aromatic N) is 1. The molecule has 17 heavy (non-hydrogen) atoms. The molecular weight excluding hydrogens is 219 g/mol. The Hall–Kier alpha value is -1.27. The molecule has 0 spiro atoms. The molecule has 0 aromatic carbocycles. The van der Waals surface area contributed by atoms with Crippen LogP contribution in [0.25, 0.3) is 0 Å². The molecule has 1 fully saturated rings. The van der Waals surface area contributed by atoms with Gasteiger partial charge in [-0.1, -0.05) is 6.07 Å².